The van der Waals surface area contributed by atoms with Crippen LogP contribution in [-0.4, -0.2) is 21.0 Å². The first-order chi connectivity index (χ1) is 13.7. The van der Waals surface area contributed by atoms with Crippen molar-refractivity contribution in [1.82, 2.24) is 9.97 Å². The van der Waals surface area contributed by atoms with Crippen LogP contribution in [0.2, 0.25) is 10.3 Å². The number of alkyl halides is 1. The molecule has 2 aromatic heterocycles. The number of pyridine rings is 2. The maximum atomic E-state index is 11.7. The molecular weight excluding hydrogens is 517 g/mol. The first kappa shape index (κ1) is 32.6. The number of hydrogen-bond donors (Lipinski definition) is 0. The van der Waals surface area contributed by atoms with E-state index in [0.717, 1.165) is 11.1 Å². The summed E-state index contributed by atoms with van der Waals surface area (Å²) in [6, 6.07) is 7.28. The molecule has 2 aromatic rings. The van der Waals surface area contributed by atoms with Crippen molar-refractivity contribution in [2.24, 2.45) is 10.8 Å². The Kier molecular flexibility index (Phi) is 16.0. The van der Waals surface area contributed by atoms with E-state index in [1.165, 1.54) is 0 Å². The third-order valence-electron chi connectivity index (χ3n) is 3.59. The van der Waals surface area contributed by atoms with E-state index in [0.29, 0.717) is 22.6 Å². The Morgan fingerprint density at radius 3 is 1.48 bits per heavy atom. The van der Waals surface area contributed by atoms with Gasteiger partial charge in [-0.15, -0.1) is 11.6 Å². The van der Waals surface area contributed by atoms with E-state index in [1.54, 1.807) is 39.2 Å². The van der Waals surface area contributed by atoms with Crippen LogP contribution in [-0.2, 0) is 40.4 Å². The minimum absolute atomic E-state index is 0. The second-order valence-corrected chi connectivity index (χ2v) is 9.74. The molecule has 0 aromatic carbocycles. The van der Waals surface area contributed by atoms with Crippen molar-refractivity contribution in [2.45, 2.75) is 53.8 Å². The van der Waals surface area contributed by atoms with Gasteiger partial charge in [0.1, 0.15) is 16.1 Å². The van der Waals surface area contributed by atoms with Crippen molar-refractivity contribution < 1.29 is 28.1 Å². The van der Waals surface area contributed by atoms with Crippen molar-refractivity contribution in [1.29, 1.82) is 0 Å². The maximum Gasteiger partial charge on any atom is 0.226 e. The summed E-state index contributed by atoms with van der Waals surface area (Å²) in [5.74, 6) is 0.597. The van der Waals surface area contributed by atoms with E-state index < -0.39 is 0 Å². The Morgan fingerprint density at radius 1 is 0.839 bits per heavy atom. The average Bonchev–Trinajstić information content (AvgIpc) is 2.63. The second-order valence-electron chi connectivity index (χ2n) is 8.41. The zero-order valence-electron chi connectivity index (χ0n) is 18.5. The molecule has 0 amide bonds. The predicted octanol–water partition coefficient (Wildman–Crippen LogP) is 7.16. The first-order valence-corrected chi connectivity index (χ1v) is 10.8. The zero-order valence-corrected chi connectivity index (χ0v) is 23.0. The van der Waals surface area contributed by atoms with Gasteiger partial charge in [-0.2, -0.15) is 0 Å². The van der Waals surface area contributed by atoms with Gasteiger partial charge in [0.2, 0.25) is 5.24 Å². The fraction of sp³-hybridized carbons (Fsp3) is 0.455. The summed E-state index contributed by atoms with van der Waals surface area (Å²) in [5.41, 5.74) is 0.982. The molecule has 0 saturated heterocycles. The fourth-order valence-electron chi connectivity index (χ4n) is 1.51. The number of Topliss-reactive ketones (excluding diaryl/α,β-unsaturated/α-hetero) is 1. The summed E-state index contributed by atoms with van der Waals surface area (Å²) in [6.45, 7) is 11.0. The van der Waals surface area contributed by atoms with E-state index in [9.17, 15) is 9.59 Å². The number of rotatable bonds is 3. The van der Waals surface area contributed by atoms with Gasteiger partial charge in [-0.3, -0.25) is 9.59 Å². The molecule has 2 rings (SSSR count). The number of nitrogens with zero attached hydrogens (tertiary/aromatic N) is 2. The van der Waals surface area contributed by atoms with Gasteiger partial charge in [0.15, 0.2) is 0 Å². The SMILES string of the molecule is CC(C)(C)C(=O)Cc1cccnc1Cl.CC(C)(C)C(=O)Cl.ClCc1cccnc1Cl.[V]. The molecule has 4 nitrogen and oxygen atoms in total. The largest absolute Gasteiger partial charge is 0.299 e. The van der Waals surface area contributed by atoms with Crippen LogP contribution in [0.4, 0.5) is 0 Å². The molecule has 0 aliphatic heterocycles. The molecular formula is C22H28Cl4N2O2V. The standard InChI is InChI=1S/C11H14ClNO.C6H5Cl2N.C5H9ClO.V/c1-11(2,3)9(14)7-8-5-4-6-13-10(8)12;7-4-5-2-1-3-9-6(5)8;1-5(2,3)4(6)7;/h4-6H,7H2,1-3H3;1-3H,4H2;1-3H3;. The van der Waals surface area contributed by atoms with Crippen LogP contribution in [0.3, 0.4) is 0 Å². The van der Waals surface area contributed by atoms with E-state index >= 15 is 0 Å². The van der Waals surface area contributed by atoms with Gasteiger partial charge in [-0.25, -0.2) is 9.97 Å². The summed E-state index contributed by atoms with van der Waals surface area (Å²) in [7, 11) is 0. The third kappa shape index (κ3) is 14.2. The van der Waals surface area contributed by atoms with E-state index in [-0.39, 0.29) is 40.4 Å². The third-order valence-corrected chi connectivity index (χ3v) is 5.13. The Bertz CT molecular complexity index is 835. The summed E-state index contributed by atoms with van der Waals surface area (Å²) in [4.78, 5) is 29.7. The number of carbonyl (C=O) groups excluding carboxylic acids is 2. The summed E-state index contributed by atoms with van der Waals surface area (Å²) in [6.07, 6.45) is 3.61. The first-order valence-electron chi connectivity index (χ1n) is 9.18. The van der Waals surface area contributed by atoms with Crippen molar-refractivity contribution in [2.75, 3.05) is 0 Å². The summed E-state index contributed by atoms with van der Waals surface area (Å²) >= 11 is 22.1. The average molecular weight is 545 g/mol. The number of hydrogen-bond acceptors (Lipinski definition) is 4. The smallest absolute Gasteiger partial charge is 0.226 e. The monoisotopic (exact) mass is 543 g/mol. The predicted molar refractivity (Wildman–Crippen MR) is 127 cm³/mol. The molecule has 0 fully saturated rings. The Balaban J connectivity index is 0. The zero-order chi connectivity index (χ0) is 23.5. The Morgan fingerprint density at radius 2 is 1.23 bits per heavy atom. The number of halogens is 4. The molecule has 0 aliphatic rings. The van der Waals surface area contributed by atoms with Gasteiger partial charge in [0.05, 0.1) is 5.88 Å². The minimum atomic E-state index is -0.373. The van der Waals surface area contributed by atoms with Crippen LogP contribution in [0.15, 0.2) is 36.7 Å². The maximum absolute atomic E-state index is 11.7. The van der Waals surface area contributed by atoms with Gasteiger partial charge in [-0.05, 0) is 29.3 Å². The molecule has 0 atom stereocenters. The van der Waals surface area contributed by atoms with Gasteiger partial charge in [-0.1, -0.05) is 76.9 Å². The Hall–Kier alpha value is -0.616. The molecule has 2 heterocycles. The molecule has 0 saturated carbocycles. The van der Waals surface area contributed by atoms with Crippen LogP contribution in [0.25, 0.3) is 0 Å². The summed E-state index contributed by atoms with van der Waals surface area (Å²) in [5, 5.41) is 0.630. The van der Waals surface area contributed by atoms with Crippen LogP contribution in [0, 0.1) is 10.8 Å². The van der Waals surface area contributed by atoms with Crippen molar-refractivity contribution in [3.63, 3.8) is 0 Å². The normalized spacial score (nSPS) is 10.5. The van der Waals surface area contributed by atoms with Crippen molar-refractivity contribution in [3.8, 4) is 0 Å². The van der Waals surface area contributed by atoms with E-state index in [4.69, 9.17) is 46.4 Å². The fourth-order valence-corrected chi connectivity index (χ4v) is 2.16. The molecule has 31 heavy (non-hydrogen) atoms. The Labute approximate surface area is 217 Å². The van der Waals surface area contributed by atoms with Crippen LogP contribution in [0.1, 0.15) is 52.7 Å². The number of aromatic nitrogens is 2. The quantitative estimate of drug-likeness (QED) is 0.233. The minimum Gasteiger partial charge on any atom is -0.299 e. The van der Waals surface area contributed by atoms with Crippen molar-refractivity contribution in [3.05, 3.63) is 58.1 Å². The summed E-state index contributed by atoms with van der Waals surface area (Å²) < 4.78 is 0. The second kappa shape index (κ2) is 15.3. The van der Waals surface area contributed by atoms with Crippen LogP contribution in [0.5, 0.6) is 0 Å². The molecule has 1 radical (unpaired) electrons. The number of carbonyl (C=O) groups is 2. The van der Waals surface area contributed by atoms with E-state index in [2.05, 4.69) is 9.97 Å². The molecule has 171 valence electrons. The molecule has 0 aliphatic carbocycles. The van der Waals surface area contributed by atoms with Crippen LogP contribution >= 0.6 is 46.4 Å². The van der Waals surface area contributed by atoms with Crippen LogP contribution < -0.4 is 0 Å². The van der Waals surface area contributed by atoms with Gasteiger partial charge in [0.25, 0.3) is 0 Å². The molecule has 0 N–H and O–H groups in total. The molecule has 0 bridgehead atoms. The van der Waals surface area contributed by atoms with E-state index in [1.807, 2.05) is 39.0 Å². The van der Waals surface area contributed by atoms with Gasteiger partial charge < -0.3 is 0 Å². The molecule has 0 unspecified atom stereocenters. The topological polar surface area (TPSA) is 59.9 Å². The van der Waals surface area contributed by atoms with Gasteiger partial charge in [0, 0.05) is 53.8 Å². The van der Waals surface area contributed by atoms with Crippen molar-refractivity contribution >= 4 is 57.4 Å². The number of ketones is 1. The molecule has 0 spiro atoms. The van der Waals surface area contributed by atoms with Gasteiger partial charge >= 0.3 is 0 Å². The molecule has 9 heteroatoms.